The second-order valence-corrected chi connectivity index (χ2v) is 9.85. The number of halogens is 2. The highest BCUT2D eigenvalue weighted by molar-refractivity contribution is 6.32. The summed E-state index contributed by atoms with van der Waals surface area (Å²) in [4.78, 5) is 39.6. The number of carbonyl (C=O) groups is 2. The molecule has 10 nitrogen and oxygen atoms in total. The van der Waals surface area contributed by atoms with Crippen LogP contribution in [0.1, 0.15) is 36.5 Å². The number of hydrogen-bond acceptors (Lipinski definition) is 8. The number of carbonyl (C=O) groups excluding carboxylic acids is 1. The number of nitrogens with one attached hydrogen (secondary N) is 2. The monoisotopic (exact) mass is 564 g/mol. The molecule has 5 rings (SSSR count). The predicted octanol–water partition coefficient (Wildman–Crippen LogP) is 5.76. The minimum Gasteiger partial charge on any atom is -0.504 e. The second-order valence-electron chi connectivity index (χ2n) is 9.44. The van der Waals surface area contributed by atoms with Crippen LogP contribution < -0.4 is 15.5 Å². The van der Waals surface area contributed by atoms with Crippen molar-refractivity contribution in [3.05, 3.63) is 65.2 Å². The lowest BCUT2D eigenvalue weighted by Crippen LogP contribution is -2.47. The fourth-order valence-corrected chi connectivity index (χ4v) is 4.95. The van der Waals surface area contributed by atoms with Crippen molar-refractivity contribution in [1.82, 2.24) is 20.3 Å². The smallest absolute Gasteiger partial charge is 0.404 e. The van der Waals surface area contributed by atoms with E-state index in [0.717, 1.165) is 25.5 Å². The first-order valence-corrected chi connectivity index (χ1v) is 13.1. The molecule has 206 valence electrons. The van der Waals surface area contributed by atoms with Gasteiger partial charge in [-0.2, -0.15) is 0 Å². The van der Waals surface area contributed by atoms with Gasteiger partial charge >= 0.3 is 6.09 Å². The van der Waals surface area contributed by atoms with Gasteiger partial charge in [0.15, 0.2) is 17.3 Å². The van der Waals surface area contributed by atoms with Gasteiger partial charge < -0.3 is 25.7 Å². The fourth-order valence-electron chi connectivity index (χ4n) is 4.74. The zero-order chi connectivity index (χ0) is 28.4. The normalized spacial score (nSPS) is 15.2. The molecule has 4 N–H and O–H groups in total. The molecule has 1 fully saturated rings. The number of benzene rings is 1. The van der Waals surface area contributed by atoms with E-state index < -0.39 is 17.7 Å². The second kappa shape index (κ2) is 11.3. The Morgan fingerprint density at radius 3 is 2.70 bits per heavy atom. The maximum atomic E-state index is 14.2. The maximum absolute atomic E-state index is 14.2. The van der Waals surface area contributed by atoms with E-state index in [1.54, 1.807) is 25.3 Å². The van der Waals surface area contributed by atoms with Crippen molar-refractivity contribution in [2.45, 2.75) is 32.2 Å². The minimum atomic E-state index is -1.04. The molecule has 1 saturated heterocycles. The summed E-state index contributed by atoms with van der Waals surface area (Å²) < 4.78 is 14.2. The molecular weight excluding hydrogens is 539 g/mol. The number of nitrogens with zero attached hydrogens (tertiary/aromatic N) is 4. The van der Waals surface area contributed by atoms with Crippen LogP contribution in [0.4, 0.5) is 26.4 Å². The minimum absolute atomic E-state index is 0.141. The number of anilines is 3. The Bertz CT molecular complexity index is 1580. The Kier molecular flexibility index (Phi) is 7.65. The van der Waals surface area contributed by atoms with Crippen LogP contribution in [-0.4, -0.2) is 56.2 Å². The van der Waals surface area contributed by atoms with E-state index in [1.165, 1.54) is 12.3 Å². The summed E-state index contributed by atoms with van der Waals surface area (Å²) in [5, 5.41) is 24.4. The van der Waals surface area contributed by atoms with E-state index in [9.17, 15) is 19.1 Å². The van der Waals surface area contributed by atoms with E-state index in [4.69, 9.17) is 16.7 Å². The van der Waals surface area contributed by atoms with Gasteiger partial charge in [0.1, 0.15) is 11.3 Å². The number of phenolic OH excluding ortho intramolecular Hbond substituents is 1. The Morgan fingerprint density at radius 1 is 1.18 bits per heavy atom. The zero-order valence-electron chi connectivity index (χ0n) is 21.5. The Hall–Kier alpha value is -4.51. The molecule has 1 aliphatic heterocycles. The van der Waals surface area contributed by atoms with Gasteiger partial charge in [0, 0.05) is 37.3 Å². The Labute approximate surface area is 233 Å². The van der Waals surface area contributed by atoms with Crippen molar-refractivity contribution in [2.75, 3.05) is 23.3 Å². The molecule has 0 aliphatic carbocycles. The van der Waals surface area contributed by atoms with Gasteiger partial charge in [0.05, 0.1) is 39.4 Å². The summed E-state index contributed by atoms with van der Waals surface area (Å²) in [7, 11) is 0. The standard InChI is InChI=1S/C28H26ClFN6O4/c1-2-23(37)18-13-31-22-7-6-21(15-10-19(29)27(38)20(30)11-15)35-26(22)25(18)33-16-5-8-24(32-12-16)36-9-3-4-17(14-36)34-28(39)40/h5-8,10-13,17,34,38H,2-4,9,14H2,1H3,(H,31,33)(H,39,40). The summed E-state index contributed by atoms with van der Waals surface area (Å²) in [6, 6.07) is 9.39. The van der Waals surface area contributed by atoms with Gasteiger partial charge in [-0.05, 0) is 49.2 Å². The van der Waals surface area contributed by atoms with Crippen LogP contribution in [0.15, 0.2) is 48.8 Å². The number of hydrogen-bond donors (Lipinski definition) is 4. The number of ketones is 1. The van der Waals surface area contributed by atoms with Crippen LogP contribution in [0.2, 0.25) is 5.02 Å². The molecule has 1 amide bonds. The number of fused-ring (bicyclic) bond motifs is 1. The average molecular weight is 565 g/mol. The number of aromatic nitrogens is 3. The van der Waals surface area contributed by atoms with E-state index in [1.807, 2.05) is 17.0 Å². The largest absolute Gasteiger partial charge is 0.504 e. The van der Waals surface area contributed by atoms with Crippen LogP contribution in [0, 0.1) is 5.82 Å². The lowest BCUT2D eigenvalue weighted by molar-refractivity contribution is 0.0988. The van der Waals surface area contributed by atoms with Crippen LogP contribution in [0.3, 0.4) is 0 Å². The van der Waals surface area contributed by atoms with Gasteiger partial charge in [0.25, 0.3) is 0 Å². The highest BCUT2D eigenvalue weighted by Gasteiger charge is 2.23. The average Bonchev–Trinajstić information content (AvgIpc) is 2.95. The van der Waals surface area contributed by atoms with Gasteiger partial charge in [0.2, 0.25) is 0 Å². The molecular formula is C28H26ClFN6O4. The summed E-state index contributed by atoms with van der Waals surface area (Å²) in [5.41, 5.74) is 3.01. The van der Waals surface area contributed by atoms with Crippen LogP contribution in [0.5, 0.6) is 5.75 Å². The van der Waals surface area contributed by atoms with Gasteiger partial charge in [-0.3, -0.25) is 9.78 Å². The molecule has 12 heteroatoms. The van der Waals surface area contributed by atoms with Crippen LogP contribution >= 0.6 is 11.6 Å². The lowest BCUT2D eigenvalue weighted by Gasteiger charge is -2.33. The lowest BCUT2D eigenvalue weighted by atomic mass is 10.1. The summed E-state index contributed by atoms with van der Waals surface area (Å²) >= 11 is 5.98. The zero-order valence-corrected chi connectivity index (χ0v) is 22.2. The van der Waals surface area contributed by atoms with E-state index in [2.05, 4.69) is 25.6 Å². The van der Waals surface area contributed by atoms with Crippen molar-refractivity contribution >= 4 is 51.7 Å². The first-order chi connectivity index (χ1) is 19.2. The quantitative estimate of drug-likeness (QED) is 0.206. The molecule has 0 saturated carbocycles. The van der Waals surface area contributed by atoms with Crippen LogP contribution in [-0.2, 0) is 0 Å². The van der Waals surface area contributed by atoms with Gasteiger partial charge in [-0.1, -0.05) is 18.5 Å². The molecule has 40 heavy (non-hydrogen) atoms. The number of amides is 1. The number of pyridine rings is 3. The summed E-state index contributed by atoms with van der Waals surface area (Å²) in [6.45, 7) is 3.03. The molecule has 0 bridgehead atoms. The highest BCUT2D eigenvalue weighted by Crippen LogP contribution is 2.34. The third-order valence-electron chi connectivity index (χ3n) is 6.74. The molecule has 4 heterocycles. The van der Waals surface area contributed by atoms with Crippen molar-refractivity contribution in [3.63, 3.8) is 0 Å². The predicted molar refractivity (Wildman–Crippen MR) is 150 cm³/mol. The first-order valence-electron chi connectivity index (χ1n) is 12.7. The third kappa shape index (κ3) is 5.59. The van der Waals surface area contributed by atoms with Crippen LogP contribution in [0.25, 0.3) is 22.3 Å². The fraction of sp³-hybridized carbons (Fsp3) is 0.250. The number of aromatic hydroxyl groups is 1. The van der Waals surface area contributed by atoms with Crippen molar-refractivity contribution < 1.29 is 24.2 Å². The third-order valence-corrected chi connectivity index (χ3v) is 7.03. The summed E-state index contributed by atoms with van der Waals surface area (Å²) in [6.07, 6.45) is 3.94. The number of carboxylic acid groups (broad SMARTS) is 1. The molecule has 0 spiro atoms. The van der Waals surface area contributed by atoms with E-state index in [0.29, 0.717) is 51.6 Å². The van der Waals surface area contributed by atoms with Gasteiger partial charge in [-0.15, -0.1) is 0 Å². The van der Waals surface area contributed by atoms with Crippen molar-refractivity contribution in [3.8, 4) is 17.0 Å². The number of phenols is 1. The molecule has 0 radical (unpaired) electrons. The Morgan fingerprint density at radius 2 is 2.00 bits per heavy atom. The number of rotatable bonds is 7. The van der Waals surface area contributed by atoms with E-state index in [-0.39, 0.29) is 23.3 Å². The molecule has 1 aliphatic rings. The Balaban J connectivity index is 1.49. The highest BCUT2D eigenvalue weighted by atomic mass is 35.5. The van der Waals surface area contributed by atoms with Crippen molar-refractivity contribution in [1.29, 1.82) is 0 Å². The molecule has 3 aromatic heterocycles. The van der Waals surface area contributed by atoms with Gasteiger partial charge in [-0.25, -0.2) is 19.2 Å². The molecule has 1 atom stereocenters. The molecule has 1 unspecified atom stereocenters. The first kappa shape index (κ1) is 27.1. The van der Waals surface area contributed by atoms with Crippen molar-refractivity contribution in [2.24, 2.45) is 0 Å². The molecule has 1 aromatic carbocycles. The molecule has 4 aromatic rings. The number of Topliss-reactive ketones (excluding diaryl/α,β-unsaturated/α-hetero) is 1. The maximum Gasteiger partial charge on any atom is 0.404 e. The summed E-state index contributed by atoms with van der Waals surface area (Å²) in [5.74, 6) is -0.947. The SMILES string of the molecule is CCC(=O)c1cnc2ccc(-c3cc(F)c(O)c(Cl)c3)nc2c1Nc1ccc(N2CCCC(NC(=O)O)C2)nc1. The van der Waals surface area contributed by atoms with E-state index >= 15 is 0 Å². The topological polar surface area (TPSA) is 141 Å². The number of piperidine rings is 1.